The Labute approximate surface area is 101 Å². The van der Waals surface area contributed by atoms with Gasteiger partial charge in [-0.05, 0) is 38.8 Å². The Hall–Kier alpha value is -1.39. The molecule has 0 unspecified atom stereocenters. The first-order valence-corrected chi connectivity index (χ1v) is 5.52. The van der Waals surface area contributed by atoms with E-state index in [2.05, 4.69) is 0 Å². The van der Waals surface area contributed by atoms with Crippen LogP contribution >= 0.6 is 0 Å². The van der Waals surface area contributed by atoms with Crippen LogP contribution < -0.4 is 0 Å². The average Bonchev–Trinajstić information content (AvgIpc) is 2.23. The lowest BCUT2D eigenvalue weighted by Gasteiger charge is -2.17. The first-order valence-electron chi connectivity index (χ1n) is 5.52. The number of carbonyl (C=O) groups is 1. The molecule has 0 saturated heterocycles. The average molecular weight is 238 g/mol. The van der Waals surface area contributed by atoms with E-state index in [1.165, 1.54) is 0 Å². The molecule has 0 aliphatic rings. The summed E-state index contributed by atoms with van der Waals surface area (Å²) in [6.07, 6.45) is 0.512. The van der Waals surface area contributed by atoms with E-state index in [9.17, 15) is 4.79 Å². The molecule has 0 aliphatic heterocycles. The third-order valence-electron chi connectivity index (χ3n) is 2.01. The van der Waals surface area contributed by atoms with Crippen LogP contribution in [0.25, 0.3) is 0 Å². The van der Waals surface area contributed by atoms with Crippen molar-refractivity contribution in [1.29, 1.82) is 0 Å². The molecule has 0 bridgehead atoms. The van der Waals surface area contributed by atoms with Crippen molar-refractivity contribution >= 4 is 5.97 Å². The minimum absolute atomic E-state index is 0.312. The molecule has 0 amide bonds. The molecule has 0 atom stereocenters. The molecule has 0 saturated carbocycles. The summed E-state index contributed by atoms with van der Waals surface area (Å²) in [6, 6.07) is 6.89. The summed E-state index contributed by atoms with van der Waals surface area (Å²) >= 11 is 0. The van der Waals surface area contributed by atoms with Gasteiger partial charge in [-0.3, -0.25) is 0 Å². The summed E-state index contributed by atoms with van der Waals surface area (Å²) in [5, 5.41) is 8.98. The van der Waals surface area contributed by atoms with Crippen molar-refractivity contribution in [3.8, 4) is 0 Å². The summed E-state index contributed by atoms with van der Waals surface area (Å²) in [5.74, 6) is -0.919. The minimum Gasteiger partial charge on any atom is -0.478 e. The molecule has 0 spiro atoms. The quantitative estimate of drug-likeness (QED) is 0.487. The molecule has 4 nitrogen and oxygen atoms in total. The maximum absolute atomic E-state index is 10.9. The molecule has 1 aromatic carbocycles. The zero-order valence-electron chi connectivity index (χ0n) is 10.4. The molecule has 17 heavy (non-hydrogen) atoms. The zero-order chi connectivity index (χ0) is 12.9. The molecular formula is C13H18O4. The Kier molecular flexibility index (Phi) is 4.66. The minimum atomic E-state index is -0.919. The highest BCUT2D eigenvalue weighted by molar-refractivity contribution is 5.89. The van der Waals surface area contributed by atoms with Crippen molar-refractivity contribution in [3.63, 3.8) is 0 Å². The Morgan fingerprint density at radius 3 is 2.53 bits per heavy atom. The fourth-order valence-corrected chi connectivity index (χ4v) is 1.32. The van der Waals surface area contributed by atoms with Crippen molar-refractivity contribution in [2.24, 2.45) is 0 Å². The second-order valence-corrected chi connectivity index (χ2v) is 4.73. The number of rotatable bonds is 5. The summed E-state index contributed by atoms with van der Waals surface area (Å²) in [4.78, 5) is 21.1. The molecule has 0 aromatic heterocycles. The van der Waals surface area contributed by atoms with E-state index >= 15 is 0 Å². The largest absolute Gasteiger partial charge is 0.478 e. The molecule has 94 valence electrons. The van der Waals surface area contributed by atoms with Crippen LogP contribution in [0.2, 0.25) is 0 Å². The van der Waals surface area contributed by atoms with Crippen LogP contribution in [0.4, 0.5) is 0 Å². The fourth-order valence-electron chi connectivity index (χ4n) is 1.32. The number of hydrogen-bond donors (Lipinski definition) is 1. The molecule has 0 radical (unpaired) electrons. The van der Waals surface area contributed by atoms with Crippen molar-refractivity contribution < 1.29 is 19.7 Å². The lowest BCUT2D eigenvalue weighted by Crippen LogP contribution is -2.20. The summed E-state index contributed by atoms with van der Waals surface area (Å²) in [7, 11) is 0. The van der Waals surface area contributed by atoms with Crippen molar-refractivity contribution in [2.75, 3.05) is 6.61 Å². The van der Waals surface area contributed by atoms with Gasteiger partial charge >= 0.3 is 5.97 Å². The first kappa shape index (κ1) is 13.7. The van der Waals surface area contributed by atoms with Gasteiger partial charge in [0.15, 0.2) is 0 Å². The standard InChI is InChI=1S/C13H18O4/c1-13(2,3)17-16-9-8-10-6-4-5-7-11(10)12(14)15/h4-7H,8-9H2,1-3H3,(H,14,15). The monoisotopic (exact) mass is 238 g/mol. The Morgan fingerprint density at radius 2 is 1.94 bits per heavy atom. The highest BCUT2D eigenvalue weighted by atomic mass is 17.2. The van der Waals surface area contributed by atoms with Gasteiger partial charge in [0.05, 0.1) is 17.8 Å². The molecule has 1 N–H and O–H groups in total. The SMILES string of the molecule is CC(C)(C)OOCCc1ccccc1C(=O)O. The molecule has 4 heteroatoms. The van der Waals surface area contributed by atoms with Gasteiger partial charge in [0.2, 0.25) is 0 Å². The van der Waals surface area contributed by atoms with Gasteiger partial charge in [-0.1, -0.05) is 18.2 Å². The fraction of sp³-hybridized carbons (Fsp3) is 0.462. The molecule has 0 aliphatic carbocycles. The van der Waals surface area contributed by atoms with Gasteiger partial charge in [-0.25, -0.2) is 14.6 Å². The van der Waals surface area contributed by atoms with E-state index in [0.717, 1.165) is 5.56 Å². The third-order valence-corrected chi connectivity index (χ3v) is 2.01. The Balaban J connectivity index is 2.49. The third kappa shape index (κ3) is 4.97. The van der Waals surface area contributed by atoms with Crippen LogP contribution in [0.5, 0.6) is 0 Å². The molecule has 0 fully saturated rings. The van der Waals surface area contributed by atoms with E-state index in [-0.39, 0.29) is 5.60 Å². The van der Waals surface area contributed by atoms with E-state index in [1.54, 1.807) is 18.2 Å². The number of carboxylic acids is 1. The van der Waals surface area contributed by atoms with Gasteiger partial charge < -0.3 is 5.11 Å². The molecule has 1 rings (SSSR count). The second kappa shape index (κ2) is 5.80. The number of aromatic carboxylic acids is 1. The predicted molar refractivity (Wildman–Crippen MR) is 63.9 cm³/mol. The number of carboxylic acid groups (broad SMARTS) is 1. The molecular weight excluding hydrogens is 220 g/mol. The topological polar surface area (TPSA) is 55.8 Å². The van der Waals surface area contributed by atoms with Gasteiger partial charge in [0.1, 0.15) is 0 Å². The molecule has 1 aromatic rings. The highest BCUT2D eigenvalue weighted by Crippen LogP contribution is 2.11. The lowest BCUT2D eigenvalue weighted by atomic mass is 10.1. The van der Waals surface area contributed by atoms with Crippen LogP contribution in [0.15, 0.2) is 24.3 Å². The zero-order valence-corrected chi connectivity index (χ0v) is 10.4. The van der Waals surface area contributed by atoms with Gasteiger partial charge in [0.25, 0.3) is 0 Å². The van der Waals surface area contributed by atoms with E-state index < -0.39 is 5.97 Å². The number of hydrogen-bond acceptors (Lipinski definition) is 3. The van der Waals surface area contributed by atoms with Gasteiger partial charge in [-0.2, -0.15) is 0 Å². The van der Waals surface area contributed by atoms with E-state index in [4.69, 9.17) is 14.9 Å². The lowest BCUT2D eigenvalue weighted by molar-refractivity contribution is -0.347. The smallest absolute Gasteiger partial charge is 0.335 e. The van der Waals surface area contributed by atoms with Crippen molar-refractivity contribution in [1.82, 2.24) is 0 Å². The highest BCUT2D eigenvalue weighted by Gasteiger charge is 2.12. The van der Waals surface area contributed by atoms with Crippen LogP contribution in [-0.2, 0) is 16.2 Å². The summed E-state index contributed by atoms with van der Waals surface area (Å²) in [6.45, 7) is 6.00. The number of benzene rings is 1. The van der Waals surface area contributed by atoms with E-state index in [0.29, 0.717) is 18.6 Å². The molecule has 0 heterocycles. The van der Waals surface area contributed by atoms with Gasteiger partial charge in [0, 0.05) is 0 Å². The Bertz CT molecular complexity index is 379. The first-order chi connectivity index (χ1) is 7.90. The second-order valence-electron chi connectivity index (χ2n) is 4.73. The predicted octanol–water partition coefficient (Wildman–Crippen LogP) is 2.67. The van der Waals surface area contributed by atoms with Crippen molar-refractivity contribution in [3.05, 3.63) is 35.4 Å². The normalized spacial score (nSPS) is 11.5. The Morgan fingerprint density at radius 1 is 1.29 bits per heavy atom. The summed E-state index contributed by atoms with van der Waals surface area (Å²) < 4.78 is 0. The van der Waals surface area contributed by atoms with Crippen LogP contribution in [0.3, 0.4) is 0 Å². The van der Waals surface area contributed by atoms with Crippen LogP contribution in [-0.4, -0.2) is 23.3 Å². The maximum Gasteiger partial charge on any atom is 0.335 e. The summed E-state index contributed by atoms with van der Waals surface area (Å²) in [5.41, 5.74) is 0.705. The maximum atomic E-state index is 10.9. The van der Waals surface area contributed by atoms with Gasteiger partial charge in [-0.15, -0.1) is 0 Å². The van der Waals surface area contributed by atoms with Crippen LogP contribution in [0, 0.1) is 0 Å². The van der Waals surface area contributed by atoms with Crippen molar-refractivity contribution in [2.45, 2.75) is 32.8 Å². The van der Waals surface area contributed by atoms with E-state index in [1.807, 2.05) is 26.8 Å². The van der Waals surface area contributed by atoms with Crippen LogP contribution in [0.1, 0.15) is 36.7 Å².